The van der Waals surface area contributed by atoms with Crippen molar-refractivity contribution in [3.63, 3.8) is 0 Å². The minimum atomic E-state index is -1.03. The molecule has 0 aliphatic carbocycles. The van der Waals surface area contributed by atoms with Crippen LogP contribution in [0, 0.1) is 11.6 Å². The molecule has 0 bridgehead atoms. The highest BCUT2D eigenvalue weighted by atomic mass is 19.2. The normalized spacial score (nSPS) is 11.3. The third-order valence-electron chi connectivity index (χ3n) is 1.63. The van der Waals surface area contributed by atoms with Crippen LogP contribution in [0.2, 0.25) is 0 Å². The summed E-state index contributed by atoms with van der Waals surface area (Å²) in [5.74, 6) is 3.42. The van der Waals surface area contributed by atoms with E-state index in [2.05, 4.69) is 0 Å². The van der Waals surface area contributed by atoms with Crippen LogP contribution in [0.4, 0.5) is 14.5 Å². The predicted molar refractivity (Wildman–Crippen MR) is 51.4 cm³/mol. The lowest BCUT2D eigenvalue weighted by molar-refractivity contribution is -0.105. The van der Waals surface area contributed by atoms with Gasteiger partial charge in [-0.05, 0) is 12.1 Å². The summed E-state index contributed by atoms with van der Waals surface area (Å²) < 4.78 is 25.3. The molecule has 1 aromatic carbocycles. The molecule has 0 aliphatic rings. The average molecular weight is 213 g/mol. The van der Waals surface area contributed by atoms with Crippen molar-refractivity contribution in [3.05, 3.63) is 41.7 Å². The number of rotatable bonds is 3. The molecule has 0 aliphatic heterocycles. The molecular formula is C9H9F2N3O. The van der Waals surface area contributed by atoms with Crippen LogP contribution in [0.15, 0.2) is 30.1 Å². The first kappa shape index (κ1) is 11.1. The first-order valence-corrected chi connectivity index (χ1v) is 3.96. The Morgan fingerprint density at radius 2 is 2.00 bits per heavy atom. The molecule has 0 radical (unpaired) electrons. The largest absolute Gasteiger partial charge is 0.395 e. The zero-order chi connectivity index (χ0) is 11.4. The number of aldehydes is 1. The summed E-state index contributed by atoms with van der Waals surface area (Å²) in [7, 11) is 0. The number of hydrazine groups is 1. The van der Waals surface area contributed by atoms with Crippen molar-refractivity contribution in [3.8, 4) is 0 Å². The Morgan fingerprint density at radius 3 is 2.53 bits per heavy atom. The van der Waals surface area contributed by atoms with Crippen LogP contribution in [-0.4, -0.2) is 6.29 Å². The number of allylic oxidation sites excluding steroid dienone is 1. The Bertz CT molecular complexity index is 406. The molecule has 0 amide bonds. The summed E-state index contributed by atoms with van der Waals surface area (Å²) in [5, 5.41) is 0.923. The van der Waals surface area contributed by atoms with E-state index in [-0.39, 0.29) is 11.4 Å². The van der Waals surface area contributed by atoms with Crippen molar-refractivity contribution in [2.75, 3.05) is 5.01 Å². The molecular weight excluding hydrogens is 204 g/mol. The third kappa shape index (κ3) is 2.75. The van der Waals surface area contributed by atoms with Gasteiger partial charge in [0.05, 0.1) is 11.4 Å². The third-order valence-corrected chi connectivity index (χ3v) is 1.63. The van der Waals surface area contributed by atoms with Gasteiger partial charge in [-0.1, -0.05) is 0 Å². The van der Waals surface area contributed by atoms with Gasteiger partial charge in [-0.2, -0.15) is 0 Å². The summed E-state index contributed by atoms with van der Waals surface area (Å²) in [6, 6.07) is 3.08. The van der Waals surface area contributed by atoms with E-state index in [0.717, 1.165) is 23.3 Å². The second-order valence-corrected chi connectivity index (χ2v) is 2.75. The fourth-order valence-corrected chi connectivity index (χ4v) is 0.911. The number of hydrogen-bond donors (Lipinski definition) is 2. The van der Waals surface area contributed by atoms with E-state index in [1.807, 2.05) is 0 Å². The first-order chi connectivity index (χ1) is 7.04. The smallest absolute Gasteiger partial charge is 0.167 e. The van der Waals surface area contributed by atoms with Crippen molar-refractivity contribution in [1.29, 1.82) is 0 Å². The lowest BCUT2D eigenvalue weighted by Gasteiger charge is -2.13. The quantitative estimate of drug-likeness (QED) is 0.334. The highest BCUT2D eigenvalue weighted by molar-refractivity contribution is 5.72. The minimum absolute atomic E-state index is 0.123. The number of carbonyl (C=O) groups excluding carboxylic acids is 1. The van der Waals surface area contributed by atoms with E-state index in [1.165, 1.54) is 6.07 Å². The molecule has 0 saturated heterocycles. The van der Waals surface area contributed by atoms with Crippen LogP contribution in [0.1, 0.15) is 0 Å². The van der Waals surface area contributed by atoms with Crippen molar-refractivity contribution >= 4 is 12.0 Å². The maximum Gasteiger partial charge on any atom is 0.167 e. The number of halogens is 2. The number of carbonyl (C=O) groups is 1. The molecule has 0 spiro atoms. The lowest BCUT2D eigenvalue weighted by atomic mass is 10.3. The molecule has 1 aromatic rings. The van der Waals surface area contributed by atoms with Crippen molar-refractivity contribution < 1.29 is 13.6 Å². The van der Waals surface area contributed by atoms with E-state index in [9.17, 15) is 13.6 Å². The molecule has 0 aromatic heterocycles. The van der Waals surface area contributed by atoms with Crippen molar-refractivity contribution in [2.45, 2.75) is 0 Å². The highest BCUT2D eigenvalue weighted by Gasteiger charge is 2.05. The van der Waals surface area contributed by atoms with Gasteiger partial charge in [-0.25, -0.2) is 14.6 Å². The van der Waals surface area contributed by atoms with E-state index in [1.54, 1.807) is 0 Å². The van der Waals surface area contributed by atoms with Gasteiger partial charge in [0, 0.05) is 12.3 Å². The summed E-state index contributed by atoms with van der Waals surface area (Å²) in [4.78, 5) is 10.2. The van der Waals surface area contributed by atoms with Crippen molar-refractivity contribution in [2.24, 2.45) is 11.6 Å². The van der Waals surface area contributed by atoms with Crippen molar-refractivity contribution in [1.82, 2.24) is 0 Å². The van der Waals surface area contributed by atoms with E-state index in [4.69, 9.17) is 11.6 Å². The molecule has 0 heterocycles. The molecule has 6 heteroatoms. The number of hydrogen-bond acceptors (Lipinski definition) is 4. The number of nitrogens with zero attached hydrogens (tertiary/aromatic N) is 1. The van der Waals surface area contributed by atoms with Gasteiger partial charge in [0.15, 0.2) is 17.9 Å². The summed E-state index contributed by atoms with van der Waals surface area (Å²) in [6.07, 6.45) is 1.49. The topological polar surface area (TPSA) is 72.4 Å². The van der Waals surface area contributed by atoms with E-state index < -0.39 is 11.6 Å². The van der Waals surface area contributed by atoms with Crippen LogP contribution >= 0.6 is 0 Å². The molecule has 1 rings (SSSR count). The van der Waals surface area contributed by atoms with Crippen LogP contribution in [0.25, 0.3) is 0 Å². The van der Waals surface area contributed by atoms with Crippen LogP contribution in [-0.2, 0) is 4.79 Å². The maximum atomic E-state index is 12.8. The summed E-state index contributed by atoms with van der Waals surface area (Å²) >= 11 is 0. The maximum absolute atomic E-state index is 12.8. The molecule has 0 unspecified atom stereocenters. The van der Waals surface area contributed by atoms with E-state index >= 15 is 0 Å². The van der Waals surface area contributed by atoms with Gasteiger partial charge < -0.3 is 5.73 Å². The number of nitrogens with two attached hydrogens (primary N) is 2. The summed E-state index contributed by atoms with van der Waals surface area (Å²) in [5.41, 5.74) is 5.24. The van der Waals surface area contributed by atoms with Gasteiger partial charge in [0.25, 0.3) is 0 Å². The molecule has 0 saturated carbocycles. The van der Waals surface area contributed by atoms with Gasteiger partial charge in [-0.15, -0.1) is 0 Å². The molecule has 0 fully saturated rings. The Labute approximate surface area is 84.7 Å². The zero-order valence-electron chi connectivity index (χ0n) is 7.65. The van der Waals surface area contributed by atoms with Crippen LogP contribution < -0.4 is 16.6 Å². The second kappa shape index (κ2) is 4.52. The standard InChI is InChI=1S/C9H9F2N3O/c10-8-2-1-7(3-9(8)11)14(13)4-6(12)5-15/h1-5H,12-13H2/b6-4-. The molecule has 80 valence electrons. The Morgan fingerprint density at radius 1 is 1.33 bits per heavy atom. The fourth-order valence-electron chi connectivity index (χ4n) is 0.911. The van der Waals surface area contributed by atoms with Crippen LogP contribution in [0.3, 0.4) is 0 Å². The van der Waals surface area contributed by atoms with Gasteiger partial charge in [0.1, 0.15) is 0 Å². The molecule has 4 nitrogen and oxygen atoms in total. The Hall–Kier alpha value is -1.95. The molecule has 0 atom stereocenters. The first-order valence-electron chi connectivity index (χ1n) is 3.96. The second-order valence-electron chi connectivity index (χ2n) is 2.75. The number of benzene rings is 1. The van der Waals surface area contributed by atoms with Gasteiger partial charge in [-0.3, -0.25) is 9.80 Å². The molecule has 15 heavy (non-hydrogen) atoms. The Balaban J connectivity index is 2.96. The highest BCUT2D eigenvalue weighted by Crippen LogP contribution is 2.15. The number of anilines is 1. The lowest BCUT2D eigenvalue weighted by Crippen LogP contribution is -2.26. The SMILES string of the molecule is N/C(C=O)=C\N(N)c1ccc(F)c(F)c1. The monoisotopic (exact) mass is 213 g/mol. The minimum Gasteiger partial charge on any atom is -0.395 e. The fraction of sp³-hybridized carbons (Fsp3) is 0. The average Bonchev–Trinajstić information content (AvgIpc) is 2.21. The van der Waals surface area contributed by atoms with Crippen LogP contribution in [0.5, 0.6) is 0 Å². The zero-order valence-corrected chi connectivity index (χ0v) is 7.65. The Kier molecular flexibility index (Phi) is 3.35. The van der Waals surface area contributed by atoms with Gasteiger partial charge in [0.2, 0.25) is 0 Å². The molecule has 4 N–H and O–H groups in total. The van der Waals surface area contributed by atoms with Gasteiger partial charge >= 0.3 is 0 Å². The van der Waals surface area contributed by atoms with E-state index in [0.29, 0.717) is 6.29 Å². The predicted octanol–water partition coefficient (Wildman–Crippen LogP) is 0.644. The summed E-state index contributed by atoms with van der Waals surface area (Å²) in [6.45, 7) is 0.